The van der Waals surface area contributed by atoms with Crippen molar-refractivity contribution in [1.29, 1.82) is 0 Å². The third-order valence-corrected chi connectivity index (χ3v) is 5.25. The van der Waals surface area contributed by atoms with Gasteiger partial charge >= 0.3 is 0 Å². The van der Waals surface area contributed by atoms with Crippen molar-refractivity contribution in [2.24, 2.45) is 0 Å². The van der Waals surface area contributed by atoms with Gasteiger partial charge in [-0.05, 0) is 72.5 Å². The first-order valence-electron chi connectivity index (χ1n) is 10.1. The lowest BCUT2D eigenvalue weighted by Crippen LogP contribution is -2.38. The second-order valence-electron chi connectivity index (χ2n) is 7.34. The molecule has 1 aliphatic heterocycles. The lowest BCUT2D eigenvalue weighted by Gasteiger charge is -2.20. The van der Waals surface area contributed by atoms with Crippen LogP contribution >= 0.6 is 0 Å². The van der Waals surface area contributed by atoms with Crippen molar-refractivity contribution < 1.29 is 23.7 Å². The van der Waals surface area contributed by atoms with Gasteiger partial charge in [-0.2, -0.15) is 0 Å². The van der Waals surface area contributed by atoms with Crippen molar-refractivity contribution >= 4 is 5.91 Å². The van der Waals surface area contributed by atoms with Crippen molar-refractivity contribution in [3.63, 3.8) is 0 Å². The molecule has 0 unspecified atom stereocenters. The zero-order valence-corrected chi connectivity index (χ0v) is 17.6. The van der Waals surface area contributed by atoms with Gasteiger partial charge < -0.3 is 24.3 Å². The van der Waals surface area contributed by atoms with Crippen LogP contribution in [0.2, 0.25) is 0 Å². The number of fused-ring (bicyclic) bond motifs is 1. The first kappa shape index (κ1) is 20.6. The minimum absolute atomic E-state index is 0.108. The molecule has 1 N–H and O–H groups in total. The summed E-state index contributed by atoms with van der Waals surface area (Å²) in [5, 5.41) is 3.18. The molecule has 0 bridgehead atoms. The Morgan fingerprint density at radius 1 is 0.839 bits per heavy atom. The second kappa shape index (κ2) is 9.43. The van der Waals surface area contributed by atoms with Crippen LogP contribution in [0.15, 0.2) is 66.7 Å². The first-order chi connectivity index (χ1) is 15.1. The SMILES string of the molecule is COc1ccc(C[C@@H](Cc2ccc3c(c2)OCO3)NC(=O)c2ccc(OC)cc2)cc1. The first-order valence-corrected chi connectivity index (χ1v) is 10.1. The van der Waals surface area contributed by atoms with E-state index in [-0.39, 0.29) is 18.7 Å². The van der Waals surface area contributed by atoms with Crippen molar-refractivity contribution in [2.75, 3.05) is 21.0 Å². The number of hydrogen-bond donors (Lipinski definition) is 1. The van der Waals surface area contributed by atoms with Gasteiger partial charge in [0.1, 0.15) is 11.5 Å². The van der Waals surface area contributed by atoms with Crippen LogP contribution in [-0.4, -0.2) is 33.0 Å². The predicted octanol–water partition coefficient (Wildman–Crippen LogP) is 4.02. The lowest BCUT2D eigenvalue weighted by molar-refractivity contribution is 0.0936. The molecule has 3 aromatic carbocycles. The Morgan fingerprint density at radius 3 is 2.10 bits per heavy atom. The van der Waals surface area contributed by atoms with Crippen LogP contribution in [0, 0.1) is 0 Å². The van der Waals surface area contributed by atoms with E-state index in [0.717, 1.165) is 28.4 Å². The van der Waals surface area contributed by atoms with E-state index in [1.807, 2.05) is 42.5 Å². The molecule has 1 atom stereocenters. The molecule has 0 radical (unpaired) electrons. The maximum atomic E-state index is 12.9. The molecule has 6 nitrogen and oxygen atoms in total. The van der Waals surface area contributed by atoms with Gasteiger partial charge in [0.25, 0.3) is 5.91 Å². The molecule has 0 aromatic heterocycles. The van der Waals surface area contributed by atoms with E-state index in [1.54, 1.807) is 38.5 Å². The van der Waals surface area contributed by atoms with Crippen molar-refractivity contribution in [3.05, 3.63) is 83.4 Å². The van der Waals surface area contributed by atoms with Crippen molar-refractivity contribution in [3.8, 4) is 23.0 Å². The molecular formula is C25H25NO5. The molecular weight excluding hydrogens is 394 g/mol. The van der Waals surface area contributed by atoms with Gasteiger partial charge in [0.15, 0.2) is 11.5 Å². The Kier molecular flexibility index (Phi) is 6.26. The minimum Gasteiger partial charge on any atom is -0.497 e. The van der Waals surface area contributed by atoms with Crippen LogP contribution in [0.3, 0.4) is 0 Å². The van der Waals surface area contributed by atoms with Gasteiger partial charge in [-0.15, -0.1) is 0 Å². The van der Waals surface area contributed by atoms with Crippen molar-refractivity contribution in [1.82, 2.24) is 5.32 Å². The number of carbonyl (C=O) groups excluding carboxylic acids is 1. The van der Waals surface area contributed by atoms with E-state index in [4.69, 9.17) is 18.9 Å². The van der Waals surface area contributed by atoms with Gasteiger partial charge in [0.2, 0.25) is 6.79 Å². The van der Waals surface area contributed by atoms with Crippen LogP contribution in [0.5, 0.6) is 23.0 Å². The van der Waals surface area contributed by atoms with Crippen LogP contribution in [-0.2, 0) is 12.8 Å². The standard InChI is InChI=1S/C25H25NO5/c1-28-21-8-3-17(4-9-21)13-20(14-18-5-12-23-24(15-18)31-16-30-23)26-25(27)19-6-10-22(29-2)11-7-19/h3-12,15,20H,13-14,16H2,1-2H3,(H,26,27)/t20-/m0/s1. The number of rotatable bonds is 8. The zero-order chi connectivity index (χ0) is 21.6. The summed E-state index contributed by atoms with van der Waals surface area (Å²) in [5.74, 6) is 2.88. The fourth-order valence-corrected chi connectivity index (χ4v) is 3.58. The summed E-state index contributed by atoms with van der Waals surface area (Å²) in [6.45, 7) is 0.238. The largest absolute Gasteiger partial charge is 0.497 e. The average Bonchev–Trinajstić information content (AvgIpc) is 3.27. The summed E-state index contributed by atoms with van der Waals surface area (Å²) >= 11 is 0. The quantitative estimate of drug-likeness (QED) is 0.598. The summed E-state index contributed by atoms with van der Waals surface area (Å²) in [6, 6.07) is 20.8. The summed E-state index contributed by atoms with van der Waals surface area (Å²) in [7, 11) is 3.25. The Balaban J connectivity index is 1.52. The zero-order valence-electron chi connectivity index (χ0n) is 17.6. The normalized spacial score (nSPS) is 12.8. The van der Waals surface area contributed by atoms with Gasteiger partial charge in [-0.3, -0.25) is 4.79 Å². The number of hydrogen-bond acceptors (Lipinski definition) is 5. The van der Waals surface area contributed by atoms with Crippen molar-refractivity contribution in [2.45, 2.75) is 18.9 Å². The average molecular weight is 419 g/mol. The molecule has 160 valence electrons. The third kappa shape index (κ3) is 5.09. The highest BCUT2D eigenvalue weighted by Gasteiger charge is 2.18. The highest BCUT2D eigenvalue weighted by molar-refractivity contribution is 5.94. The van der Waals surface area contributed by atoms with Crippen LogP contribution in [0.4, 0.5) is 0 Å². The molecule has 1 amide bonds. The number of amides is 1. The number of carbonyl (C=O) groups is 1. The van der Waals surface area contributed by atoms with E-state index >= 15 is 0 Å². The molecule has 0 aliphatic carbocycles. The van der Waals surface area contributed by atoms with E-state index in [0.29, 0.717) is 24.2 Å². The van der Waals surface area contributed by atoms with Gasteiger partial charge in [0, 0.05) is 11.6 Å². The fourth-order valence-electron chi connectivity index (χ4n) is 3.58. The molecule has 1 heterocycles. The van der Waals surface area contributed by atoms with Gasteiger partial charge in [-0.25, -0.2) is 0 Å². The molecule has 4 rings (SSSR count). The van der Waals surface area contributed by atoms with E-state index in [9.17, 15) is 4.79 Å². The summed E-state index contributed by atoms with van der Waals surface area (Å²) in [4.78, 5) is 12.9. The Morgan fingerprint density at radius 2 is 1.42 bits per heavy atom. The minimum atomic E-state index is -0.123. The van der Waals surface area contributed by atoms with E-state index < -0.39 is 0 Å². The van der Waals surface area contributed by atoms with Crippen LogP contribution in [0.25, 0.3) is 0 Å². The molecule has 1 aliphatic rings. The smallest absolute Gasteiger partial charge is 0.251 e. The molecule has 0 fully saturated rings. The van der Waals surface area contributed by atoms with E-state index in [1.165, 1.54) is 0 Å². The number of ether oxygens (including phenoxy) is 4. The van der Waals surface area contributed by atoms with Crippen LogP contribution in [0.1, 0.15) is 21.5 Å². The maximum absolute atomic E-state index is 12.9. The molecule has 31 heavy (non-hydrogen) atoms. The third-order valence-electron chi connectivity index (χ3n) is 5.25. The molecule has 0 saturated carbocycles. The summed E-state index contributed by atoms with van der Waals surface area (Å²) in [5.41, 5.74) is 2.77. The van der Waals surface area contributed by atoms with Gasteiger partial charge in [-0.1, -0.05) is 18.2 Å². The monoisotopic (exact) mass is 419 g/mol. The summed E-state index contributed by atoms with van der Waals surface area (Å²) in [6.07, 6.45) is 1.34. The Bertz CT molecular complexity index is 1030. The molecule has 3 aromatic rings. The lowest BCUT2D eigenvalue weighted by atomic mass is 9.98. The van der Waals surface area contributed by atoms with Crippen LogP contribution < -0.4 is 24.3 Å². The Hall–Kier alpha value is -3.67. The van der Waals surface area contributed by atoms with E-state index in [2.05, 4.69) is 5.32 Å². The number of benzene rings is 3. The maximum Gasteiger partial charge on any atom is 0.251 e. The second-order valence-corrected chi connectivity index (χ2v) is 7.34. The highest BCUT2D eigenvalue weighted by Crippen LogP contribution is 2.33. The summed E-state index contributed by atoms with van der Waals surface area (Å²) < 4.78 is 21.3. The van der Waals surface area contributed by atoms with Gasteiger partial charge in [0.05, 0.1) is 14.2 Å². The fraction of sp³-hybridized carbons (Fsp3) is 0.240. The topological polar surface area (TPSA) is 66.0 Å². The highest BCUT2D eigenvalue weighted by atomic mass is 16.7. The predicted molar refractivity (Wildman–Crippen MR) is 117 cm³/mol. The Labute approximate surface area is 181 Å². The molecule has 0 saturated heterocycles. The molecule has 6 heteroatoms. The molecule has 0 spiro atoms. The number of methoxy groups -OCH3 is 2. The number of nitrogens with one attached hydrogen (secondary N) is 1.